The molecule has 2 saturated heterocycles. The highest BCUT2D eigenvalue weighted by molar-refractivity contribution is 5.76. The highest BCUT2D eigenvalue weighted by atomic mass is 16.7. The summed E-state index contributed by atoms with van der Waals surface area (Å²) in [6.45, 7) is 2.57. The van der Waals surface area contributed by atoms with Crippen molar-refractivity contribution >= 4 is 5.91 Å². The van der Waals surface area contributed by atoms with E-state index in [1.165, 1.54) is 32.1 Å². The summed E-state index contributed by atoms with van der Waals surface area (Å²) in [5.41, 5.74) is 0. The highest BCUT2D eigenvalue weighted by Crippen LogP contribution is 2.30. The van der Waals surface area contributed by atoms with E-state index < -0.39 is 86.8 Å². The zero-order valence-electron chi connectivity index (χ0n) is 45.7. The summed E-state index contributed by atoms with van der Waals surface area (Å²) in [4.78, 5) is 13.1. The molecule has 2 rings (SSSR count). The van der Waals surface area contributed by atoms with Crippen LogP contribution < -0.4 is 5.32 Å². The van der Waals surface area contributed by atoms with E-state index in [9.17, 15) is 45.6 Å². The quantitative estimate of drug-likeness (QED) is 0.0205. The van der Waals surface area contributed by atoms with Crippen molar-refractivity contribution in [1.82, 2.24) is 5.32 Å². The van der Waals surface area contributed by atoms with Crippen molar-refractivity contribution < 1.29 is 64.6 Å². The second-order valence-electron chi connectivity index (χ2n) is 19.7. The van der Waals surface area contributed by atoms with Gasteiger partial charge in [0.1, 0.15) is 48.8 Å². The van der Waals surface area contributed by atoms with Crippen LogP contribution in [-0.2, 0) is 23.7 Å². The number of amides is 1. The van der Waals surface area contributed by atoms with Crippen LogP contribution in [0, 0.1) is 0 Å². The van der Waals surface area contributed by atoms with E-state index in [1.54, 1.807) is 0 Å². The van der Waals surface area contributed by atoms with Gasteiger partial charge in [-0.3, -0.25) is 4.79 Å². The van der Waals surface area contributed by atoms with Crippen LogP contribution in [-0.4, -0.2) is 140 Å². The number of carbonyl (C=O) groups excluding carboxylic acids is 1. The Morgan fingerprint density at radius 3 is 1.40 bits per heavy atom. The first-order valence-corrected chi connectivity index (χ1v) is 28.6. The summed E-state index contributed by atoms with van der Waals surface area (Å²) >= 11 is 0. The summed E-state index contributed by atoms with van der Waals surface area (Å²) in [7, 11) is 0. The summed E-state index contributed by atoms with van der Waals surface area (Å²) in [5.74, 6) is -0.229. The van der Waals surface area contributed by atoms with E-state index in [0.717, 1.165) is 109 Å². The van der Waals surface area contributed by atoms with E-state index in [4.69, 9.17) is 18.9 Å². The number of aliphatic hydroxyl groups is 8. The first-order chi connectivity index (χ1) is 36.6. The molecule has 0 saturated carbocycles. The van der Waals surface area contributed by atoms with E-state index in [0.29, 0.717) is 12.8 Å². The summed E-state index contributed by atoms with van der Waals surface area (Å²) in [6, 6.07) is -0.835. The lowest BCUT2D eigenvalue weighted by Crippen LogP contribution is -2.65. The second-order valence-corrected chi connectivity index (χ2v) is 19.7. The molecule has 1 amide bonds. The first-order valence-electron chi connectivity index (χ1n) is 28.6. The maximum absolute atomic E-state index is 13.1. The van der Waals surface area contributed by atoms with E-state index in [-0.39, 0.29) is 18.9 Å². The number of carbonyl (C=O) groups is 1. The molecule has 428 valence electrons. The van der Waals surface area contributed by atoms with Crippen molar-refractivity contribution in [2.75, 3.05) is 19.8 Å². The molecular weight excluding hydrogens is 955 g/mol. The third-order valence-corrected chi connectivity index (χ3v) is 13.3. The van der Waals surface area contributed by atoms with Crippen LogP contribution in [0.4, 0.5) is 0 Å². The summed E-state index contributed by atoms with van der Waals surface area (Å²) in [5, 5.41) is 86.3. The van der Waals surface area contributed by atoms with Crippen LogP contribution in [0.3, 0.4) is 0 Å². The van der Waals surface area contributed by atoms with Crippen LogP contribution in [0.5, 0.6) is 0 Å². The number of rotatable bonds is 43. The Balaban J connectivity index is 1.54. The van der Waals surface area contributed by atoms with Gasteiger partial charge in [-0.1, -0.05) is 194 Å². The molecular formula is C61H101NO13. The number of aliphatic hydroxyl groups excluding tert-OH is 8. The Hall–Kier alpha value is -3.35. The number of allylic oxidation sites excluding steroid dienone is 18. The normalized spacial score (nSPS) is 25.9. The van der Waals surface area contributed by atoms with E-state index in [2.05, 4.69) is 129 Å². The average molecular weight is 1060 g/mol. The van der Waals surface area contributed by atoms with Crippen LogP contribution in [0.2, 0.25) is 0 Å². The number of hydrogen-bond acceptors (Lipinski definition) is 13. The van der Waals surface area contributed by atoms with Crippen molar-refractivity contribution in [1.29, 1.82) is 0 Å². The molecule has 14 nitrogen and oxygen atoms in total. The van der Waals surface area contributed by atoms with Crippen molar-refractivity contribution in [3.05, 3.63) is 109 Å². The molecule has 0 aliphatic carbocycles. The smallest absolute Gasteiger partial charge is 0.220 e. The standard InChI is InChI=1S/C61H101NO13/c1-3-5-7-9-10-11-12-13-14-15-16-17-18-19-20-21-22-23-24-25-26-27-28-29-30-31-32-33-34-35-36-37-38-39-40-41-43-45-53(66)62-49(50(65)44-42-8-6-4-2)48-72-60-58(71)56(69)59(52(47-64)74-60)75-61-57(70)55(68)54(67)51(46-63)73-61/h5,7,10-11,13-14,16-17,19-20,22-23,25-26,28-29,31-32,49-52,54-61,63-65,67-71H,3-4,6,8-9,12,15,18,21,24,27,30,33-48H2,1-2H3,(H,62,66)/b7-5-,11-10-,14-13-,17-16-,20-19-,23-22-,26-25-,29-28-,32-31-. The van der Waals surface area contributed by atoms with Gasteiger partial charge in [0.15, 0.2) is 12.6 Å². The lowest BCUT2D eigenvalue weighted by molar-refractivity contribution is -0.359. The van der Waals surface area contributed by atoms with Crippen LogP contribution in [0.15, 0.2) is 109 Å². The molecule has 0 aromatic heterocycles. The van der Waals surface area contributed by atoms with Gasteiger partial charge < -0.3 is 65.1 Å². The van der Waals surface area contributed by atoms with Crippen molar-refractivity contribution in [2.24, 2.45) is 0 Å². The maximum atomic E-state index is 13.1. The van der Waals surface area contributed by atoms with Gasteiger partial charge in [0.05, 0.1) is 32.0 Å². The third-order valence-electron chi connectivity index (χ3n) is 13.3. The number of unbranched alkanes of at least 4 members (excludes halogenated alkanes) is 12. The van der Waals surface area contributed by atoms with Crippen molar-refractivity contribution in [3.8, 4) is 0 Å². The van der Waals surface area contributed by atoms with Gasteiger partial charge in [0.2, 0.25) is 5.91 Å². The minimum absolute atomic E-state index is 0.229. The fourth-order valence-electron chi connectivity index (χ4n) is 8.64. The van der Waals surface area contributed by atoms with Crippen LogP contribution in [0.25, 0.3) is 0 Å². The monoisotopic (exact) mass is 1060 g/mol. The second kappa shape index (κ2) is 45.6. The molecule has 2 fully saturated rings. The predicted octanol–water partition coefficient (Wildman–Crippen LogP) is 9.27. The zero-order valence-corrected chi connectivity index (χ0v) is 45.7. The number of ether oxygens (including phenoxy) is 4. The molecule has 0 aromatic rings. The SMILES string of the molecule is CC/C=C\C/C=C\C/C=C\C/C=C\C/C=C\C/C=C\C/C=C\C/C=C\C/C=C\CCCCCCCCCCCC(=O)NC(COC1OC(CO)C(OC2OC(CO)C(O)C(O)C2O)C(O)C1O)C(O)CCCCCC. The Labute approximate surface area is 451 Å². The minimum Gasteiger partial charge on any atom is -0.394 e. The van der Waals surface area contributed by atoms with Gasteiger partial charge in [-0.05, 0) is 83.5 Å². The molecule has 12 atom stereocenters. The molecule has 2 aliphatic rings. The van der Waals surface area contributed by atoms with Gasteiger partial charge >= 0.3 is 0 Å². The molecule has 0 spiro atoms. The molecule has 14 heteroatoms. The summed E-state index contributed by atoms with van der Waals surface area (Å²) < 4.78 is 22.6. The lowest BCUT2D eigenvalue weighted by Gasteiger charge is -2.46. The molecule has 12 unspecified atom stereocenters. The van der Waals surface area contributed by atoms with Gasteiger partial charge in [-0.15, -0.1) is 0 Å². The van der Waals surface area contributed by atoms with E-state index in [1.807, 2.05) is 0 Å². The third kappa shape index (κ3) is 31.6. The van der Waals surface area contributed by atoms with Crippen LogP contribution >= 0.6 is 0 Å². The van der Waals surface area contributed by atoms with Crippen molar-refractivity contribution in [3.63, 3.8) is 0 Å². The Morgan fingerprint density at radius 1 is 0.493 bits per heavy atom. The Bertz CT molecular complexity index is 1670. The molecule has 0 radical (unpaired) electrons. The van der Waals surface area contributed by atoms with Gasteiger partial charge in [-0.2, -0.15) is 0 Å². The molecule has 0 aromatic carbocycles. The van der Waals surface area contributed by atoms with Gasteiger partial charge in [0, 0.05) is 6.42 Å². The number of nitrogens with one attached hydrogen (secondary N) is 1. The fraction of sp³-hybridized carbons (Fsp3) is 0.689. The minimum atomic E-state index is -1.78. The molecule has 75 heavy (non-hydrogen) atoms. The topological polar surface area (TPSA) is 228 Å². The Kier molecular flexibility index (Phi) is 41.2. The molecule has 9 N–H and O–H groups in total. The highest BCUT2D eigenvalue weighted by Gasteiger charge is 2.51. The Morgan fingerprint density at radius 2 is 0.920 bits per heavy atom. The van der Waals surface area contributed by atoms with E-state index >= 15 is 0 Å². The maximum Gasteiger partial charge on any atom is 0.220 e. The average Bonchev–Trinajstić information content (AvgIpc) is 3.41. The molecule has 2 heterocycles. The molecule has 0 bridgehead atoms. The van der Waals surface area contributed by atoms with Gasteiger partial charge in [0.25, 0.3) is 0 Å². The van der Waals surface area contributed by atoms with Gasteiger partial charge in [-0.25, -0.2) is 0 Å². The fourth-order valence-corrected chi connectivity index (χ4v) is 8.64. The summed E-state index contributed by atoms with van der Waals surface area (Å²) in [6.07, 6.45) is 47.7. The zero-order chi connectivity index (χ0) is 54.6. The molecule has 2 aliphatic heterocycles. The van der Waals surface area contributed by atoms with Crippen LogP contribution in [0.1, 0.15) is 174 Å². The largest absolute Gasteiger partial charge is 0.394 e. The first kappa shape index (κ1) is 67.8. The predicted molar refractivity (Wildman–Crippen MR) is 299 cm³/mol. The lowest BCUT2D eigenvalue weighted by atomic mass is 9.97. The van der Waals surface area contributed by atoms with Crippen molar-refractivity contribution in [2.45, 2.75) is 248 Å². The number of hydrogen-bond donors (Lipinski definition) is 9.